The molecule has 0 heterocycles. The minimum Gasteiger partial charge on any atom is -0.465 e. The van der Waals surface area contributed by atoms with Crippen LogP contribution in [0.25, 0.3) is 0 Å². The Labute approximate surface area is 141 Å². The monoisotopic (exact) mass is 323 g/mol. The molecular formula is C20H21NO3. The zero-order chi connectivity index (χ0) is 16.9. The van der Waals surface area contributed by atoms with Crippen LogP contribution in [0.1, 0.15) is 29.0 Å². The van der Waals surface area contributed by atoms with Gasteiger partial charge in [0.2, 0.25) is 5.91 Å². The van der Waals surface area contributed by atoms with Crippen LogP contribution in [0.3, 0.4) is 0 Å². The fraction of sp³-hybridized carbons (Fsp3) is 0.300. The molecular weight excluding hydrogens is 302 g/mol. The third-order valence-electron chi connectivity index (χ3n) is 4.60. The van der Waals surface area contributed by atoms with E-state index in [9.17, 15) is 9.59 Å². The smallest absolute Gasteiger partial charge is 0.310 e. The summed E-state index contributed by atoms with van der Waals surface area (Å²) in [4.78, 5) is 24.4. The van der Waals surface area contributed by atoms with Gasteiger partial charge >= 0.3 is 5.97 Å². The number of carbonyl (C=O) groups excluding carboxylic acids is 2. The maximum absolute atomic E-state index is 12.5. The van der Waals surface area contributed by atoms with E-state index in [4.69, 9.17) is 10.5 Å². The van der Waals surface area contributed by atoms with Gasteiger partial charge in [-0.2, -0.15) is 0 Å². The number of aryl methyl sites for hydroxylation is 1. The van der Waals surface area contributed by atoms with E-state index in [0.717, 1.165) is 23.1 Å². The van der Waals surface area contributed by atoms with E-state index in [0.29, 0.717) is 19.4 Å². The molecule has 1 aliphatic carbocycles. The number of benzene rings is 2. The third-order valence-corrected chi connectivity index (χ3v) is 4.60. The fourth-order valence-corrected chi connectivity index (χ4v) is 3.39. The van der Waals surface area contributed by atoms with Crippen LogP contribution in [0, 0.1) is 5.92 Å². The quantitative estimate of drug-likeness (QED) is 0.860. The van der Waals surface area contributed by atoms with Gasteiger partial charge in [-0.15, -0.1) is 0 Å². The van der Waals surface area contributed by atoms with E-state index >= 15 is 0 Å². The molecule has 0 bridgehead atoms. The predicted molar refractivity (Wildman–Crippen MR) is 91.3 cm³/mol. The molecule has 4 nitrogen and oxygen atoms in total. The zero-order valence-corrected chi connectivity index (χ0v) is 13.5. The van der Waals surface area contributed by atoms with Crippen molar-refractivity contribution in [3.63, 3.8) is 0 Å². The van der Waals surface area contributed by atoms with E-state index in [1.807, 2.05) is 54.6 Å². The number of primary amides is 1. The van der Waals surface area contributed by atoms with E-state index in [1.165, 1.54) is 0 Å². The summed E-state index contributed by atoms with van der Waals surface area (Å²) < 4.78 is 5.43. The maximum atomic E-state index is 12.5. The molecule has 3 rings (SSSR count). The van der Waals surface area contributed by atoms with Gasteiger partial charge in [0.1, 0.15) is 0 Å². The average molecular weight is 323 g/mol. The van der Waals surface area contributed by atoms with Crippen molar-refractivity contribution < 1.29 is 14.3 Å². The summed E-state index contributed by atoms with van der Waals surface area (Å²) in [7, 11) is 0. The predicted octanol–water partition coefficient (Wildman–Crippen LogP) is 2.60. The Bertz CT molecular complexity index is 727. The second kappa shape index (κ2) is 7.30. The van der Waals surface area contributed by atoms with Crippen molar-refractivity contribution in [2.24, 2.45) is 11.7 Å². The number of fused-ring (bicyclic) bond motifs is 1. The van der Waals surface area contributed by atoms with Crippen molar-refractivity contribution in [2.45, 2.75) is 25.2 Å². The van der Waals surface area contributed by atoms with Crippen LogP contribution in [-0.4, -0.2) is 18.5 Å². The van der Waals surface area contributed by atoms with Gasteiger partial charge in [-0.3, -0.25) is 9.59 Å². The Morgan fingerprint density at radius 2 is 1.75 bits per heavy atom. The molecule has 4 heteroatoms. The molecule has 1 aliphatic rings. The number of carbonyl (C=O) groups is 2. The molecule has 2 aromatic carbocycles. The summed E-state index contributed by atoms with van der Waals surface area (Å²) in [6.07, 6.45) is 2.02. The van der Waals surface area contributed by atoms with Crippen molar-refractivity contribution in [2.75, 3.05) is 6.61 Å². The van der Waals surface area contributed by atoms with Crippen molar-refractivity contribution in [3.8, 4) is 0 Å². The van der Waals surface area contributed by atoms with Gasteiger partial charge in [-0.05, 0) is 29.5 Å². The number of hydrogen-bond acceptors (Lipinski definition) is 3. The molecule has 2 unspecified atom stereocenters. The number of hydrogen-bond donors (Lipinski definition) is 1. The Kier molecular flexibility index (Phi) is 4.94. The lowest BCUT2D eigenvalue weighted by Crippen LogP contribution is -2.37. The molecule has 0 aliphatic heterocycles. The normalized spacial score (nSPS) is 19.3. The molecule has 2 aromatic rings. The van der Waals surface area contributed by atoms with E-state index in [1.54, 1.807) is 0 Å². The topological polar surface area (TPSA) is 69.4 Å². The van der Waals surface area contributed by atoms with Gasteiger partial charge in [0, 0.05) is 6.42 Å². The van der Waals surface area contributed by atoms with Gasteiger partial charge in [0.15, 0.2) is 0 Å². The lowest BCUT2D eigenvalue weighted by Gasteiger charge is -2.30. The molecule has 2 N–H and O–H groups in total. The molecule has 0 aromatic heterocycles. The van der Waals surface area contributed by atoms with Gasteiger partial charge in [0.05, 0.1) is 18.4 Å². The number of esters is 1. The highest BCUT2D eigenvalue weighted by Crippen LogP contribution is 2.36. The van der Waals surface area contributed by atoms with Crippen LogP contribution in [0.4, 0.5) is 0 Å². The lowest BCUT2D eigenvalue weighted by atomic mass is 9.74. The average Bonchev–Trinajstić information content (AvgIpc) is 2.61. The molecule has 124 valence electrons. The van der Waals surface area contributed by atoms with E-state index < -0.39 is 17.7 Å². The SMILES string of the molecule is NC(=O)C1c2ccccc2CCC1C(=O)OCCc1ccccc1. The van der Waals surface area contributed by atoms with Crippen LogP contribution in [-0.2, 0) is 27.2 Å². The molecule has 1 amide bonds. The van der Waals surface area contributed by atoms with E-state index in [-0.39, 0.29) is 5.97 Å². The van der Waals surface area contributed by atoms with Crippen LogP contribution in [0.15, 0.2) is 54.6 Å². The highest BCUT2D eigenvalue weighted by atomic mass is 16.5. The summed E-state index contributed by atoms with van der Waals surface area (Å²) in [5, 5.41) is 0. The summed E-state index contributed by atoms with van der Waals surface area (Å²) in [6, 6.07) is 17.5. The number of nitrogens with two attached hydrogens (primary N) is 1. The van der Waals surface area contributed by atoms with Crippen molar-refractivity contribution in [1.82, 2.24) is 0 Å². The Hall–Kier alpha value is -2.62. The highest BCUT2D eigenvalue weighted by Gasteiger charge is 2.38. The second-order valence-corrected chi connectivity index (χ2v) is 6.13. The van der Waals surface area contributed by atoms with Crippen molar-refractivity contribution in [1.29, 1.82) is 0 Å². The molecule has 0 fully saturated rings. The molecule has 0 saturated carbocycles. The van der Waals surface area contributed by atoms with Crippen molar-refractivity contribution >= 4 is 11.9 Å². The van der Waals surface area contributed by atoms with Gasteiger partial charge in [-0.25, -0.2) is 0 Å². The first-order valence-electron chi connectivity index (χ1n) is 8.24. The molecule has 0 radical (unpaired) electrons. The van der Waals surface area contributed by atoms with Gasteiger partial charge in [0.25, 0.3) is 0 Å². The fourth-order valence-electron chi connectivity index (χ4n) is 3.39. The number of amides is 1. The lowest BCUT2D eigenvalue weighted by molar-refractivity contribution is -0.151. The van der Waals surface area contributed by atoms with Crippen LogP contribution < -0.4 is 5.73 Å². The molecule has 0 saturated heterocycles. The van der Waals surface area contributed by atoms with Crippen LogP contribution >= 0.6 is 0 Å². The standard InChI is InChI=1S/C20H21NO3/c21-19(22)18-16-9-5-4-8-15(16)10-11-17(18)20(23)24-13-12-14-6-2-1-3-7-14/h1-9,17-18H,10-13H2,(H2,21,22). The minimum atomic E-state index is -0.598. The van der Waals surface area contributed by atoms with E-state index in [2.05, 4.69) is 0 Å². The molecule has 24 heavy (non-hydrogen) atoms. The molecule has 0 spiro atoms. The Morgan fingerprint density at radius 3 is 2.50 bits per heavy atom. The second-order valence-electron chi connectivity index (χ2n) is 6.13. The van der Waals surface area contributed by atoms with Gasteiger partial charge < -0.3 is 10.5 Å². The first-order valence-corrected chi connectivity index (χ1v) is 8.24. The van der Waals surface area contributed by atoms with Crippen LogP contribution in [0.2, 0.25) is 0 Å². The van der Waals surface area contributed by atoms with Gasteiger partial charge in [-0.1, -0.05) is 54.6 Å². The zero-order valence-electron chi connectivity index (χ0n) is 13.5. The summed E-state index contributed by atoms with van der Waals surface area (Å²) in [5.74, 6) is -1.89. The summed E-state index contributed by atoms with van der Waals surface area (Å²) in [6.45, 7) is 0.312. The Balaban J connectivity index is 1.67. The summed E-state index contributed by atoms with van der Waals surface area (Å²) >= 11 is 0. The summed E-state index contributed by atoms with van der Waals surface area (Å²) in [5.41, 5.74) is 8.65. The highest BCUT2D eigenvalue weighted by molar-refractivity contribution is 5.89. The van der Waals surface area contributed by atoms with Crippen molar-refractivity contribution in [3.05, 3.63) is 71.3 Å². The molecule has 2 atom stereocenters. The minimum absolute atomic E-state index is 0.312. The van der Waals surface area contributed by atoms with Crippen LogP contribution in [0.5, 0.6) is 0 Å². The largest absolute Gasteiger partial charge is 0.465 e. The Morgan fingerprint density at radius 1 is 1.04 bits per heavy atom. The third kappa shape index (κ3) is 3.48. The maximum Gasteiger partial charge on any atom is 0.310 e. The number of ether oxygens (including phenoxy) is 1. The first kappa shape index (κ1) is 16.2. The number of rotatable bonds is 5. The first-order chi connectivity index (χ1) is 11.7.